The molecule has 104 valence electrons. The van der Waals surface area contributed by atoms with Gasteiger partial charge in [-0.25, -0.2) is 9.97 Å². The summed E-state index contributed by atoms with van der Waals surface area (Å²) in [6.45, 7) is 3.73. The van der Waals surface area contributed by atoms with Gasteiger partial charge in [0.15, 0.2) is 0 Å². The van der Waals surface area contributed by atoms with E-state index in [9.17, 15) is 0 Å². The summed E-state index contributed by atoms with van der Waals surface area (Å²) >= 11 is 5.93. The van der Waals surface area contributed by atoms with E-state index in [0.717, 1.165) is 47.4 Å². The van der Waals surface area contributed by atoms with Crippen molar-refractivity contribution in [3.63, 3.8) is 0 Å². The second-order valence-electron chi connectivity index (χ2n) is 5.20. The van der Waals surface area contributed by atoms with Gasteiger partial charge >= 0.3 is 0 Å². The lowest BCUT2D eigenvalue weighted by Crippen LogP contribution is -2.27. The Balaban J connectivity index is 1.96. The Morgan fingerprint density at radius 1 is 1.25 bits per heavy atom. The van der Waals surface area contributed by atoms with Crippen molar-refractivity contribution in [3.8, 4) is 11.3 Å². The summed E-state index contributed by atoms with van der Waals surface area (Å²) in [5.74, 6) is 0.767. The standard InChI is InChI=1S/C15H17ClN4/c1-10-8-14(11-2-4-12(16)5-3-11)19-15(18-10)20-7-6-13(17)9-20/h2-5,8,13H,6-7,9,17H2,1H3. The van der Waals surface area contributed by atoms with E-state index >= 15 is 0 Å². The molecule has 1 aromatic carbocycles. The number of anilines is 1. The van der Waals surface area contributed by atoms with Crippen molar-refractivity contribution in [1.29, 1.82) is 0 Å². The molecule has 2 N–H and O–H groups in total. The molecule has 1 saturated heterocycles. The molecular formula is C15H17ClN4. The molecule has 4 nitrogen and oxygen atoms in total. The van der Waals surface area contributed by atoms with E-state index in [1.165, 1.54) is 0 Å². The zero-order valence-corrected chi connectivity index (χ0v) is 12.1. The van der Waals surface area contributed by atoms with Gasteiger partial charge in [-0.15, -0.1) is 0 Å². The summed E-state index contributed by atoms with van der Waals surface area (Å²) in [7, 11) is 0. The van der Waals surface area contributed by atoms with Gasteiger partial charge in [-0.2, -0.15) is 0 Å². The molecule has 0 bridgehead atoms. The first-order valence-corrected chi connectivity index (χ1v) is 7.12. The number of hydrogen-bond acceptors (Lipinski definition) is 4. The Hall–Kier alpha value is -1.65. The van der Waals surface area contributed by atoms with Gasteiger partial charge in [-0.3, -0.25) is 0 Å². The summed E-state index contributed by atoms with van der Waals surface area (Å²) < 4.78 is 0. The number of hydrogen-bond donors (Lipinski definition) is 1. The highest BCUT2D eigenvalue weighted by Gasteiger charge is 2.21. The molecule has 2 heterocycles. The highest BCUT2D eigenvalue weighted by Crippen LogP contribution is 2.23. The number of nitrogens with zero attached hydrogens (tertiary/aromatic N) is 3. The average molecular weight is 289 g/mol. The topological polar surface area (TPSA) is 55.0 Å². The fourth-order valence-corrected chi connectivity index (χ4v) is 2.56. The third-order valence-electron chi connectivity index (χ3n) is 3.49. The summed E-state index contributed by atoms with van der Waals surface area (Å²) in [5, 5.41) is 0.727. The maximum Gasteiger partial charge on any atom is 0.226 e. The van der Waals surface area contributed by atoms with Crippen molar-refractivity contribution in [2.45, 2.75) is 19.4 Å². The van der Waals surface area contributed by atoms with Gasteiger partial charge in [0.05, 0.1) is 5.69 Å². The summed E-state index contributed by atoms with van der Waals surface area (Å²) in [4.78, 5) is 11.3. The van der Waals surface area contributed by atoms with Crippen molar-refractivity contribution >= 4 is 17.5 Å². The van der Waals surface area contributed by atoms with Gasteiger partial charge < -0.3 is 10.6 Å². The maximum atomic E-state index is 5.95. The minimum absolute atomic E-state index is 0.220. The fraction of sp³-hybridized carbons (Fsp3) is 0.333. The first-order chi connectivity index (χ1) is 9.61. The van der Waals surface area contributed by atoms with Crippen LogP contribution in [0.1, 0.15) is 12.1 Å². The van der Waals surface area contributed by atoms with Crippen LogP contribution in [0.25, 0.3) is 11.3 Å². The molecule has 0 spiro atoms. The molecule has 3 rings (SSSR count). The lowest BCUT2D eigenvalue weighted by Gasteiger charge is -2.17. The van der Waals surface area contributed by atoms with E-state index in [1.807, 2.05) is 37.3 Å². The molecule has 1 fully saturated rings. The third kappa shape index (κ3) is 2.76. The number of aryl methyl sites for hydroxylation is 1. The molecule has 0 saturated carbocycles. The van der Waals surface area contributed by atoms with Crippen LogP contribution in [0, 0.1) is 6.92 Å². The smallest absolute Gasteiger partial charge is 0.226 e. The van der Waals surface area contributed by atoms with Gasteiger partial charge in [0, 0.05) is 35.4 Å². The predicted octanol–water partition coefficient (Wildman–Crippen LogP) is 2.64. The second kappa shape index (κ2) is 5.38. The van der Waals surface area contributed by atoms with E-state index < -0.39 is 0 Å². The fourth-order valence-electron chi connectivity index (χ4n) is 2.43. The van der Waals surface area contributed by atoms with Gasteiger partial charge in [0.2, 0.25) is 5.95 Å². The second-order valence-corrected chi connectivity index (χ2v) is 5.63. The van der Waals surface area contributed by atoms with Crippen LogP contribution in [0.5, 0.6) is 0 Å². The van der Waals surface area contributed by atoms with E-state index in [1.54, 1.807) is 0 Å². The average Bonchev–Trinajstić information content (AvgIpc) is 2.85. The molecule has 1 aliphatic rings. The lowest BCUT2D eigenvalue weighted by atomic mass is 10.1. The molecule has 1 aromatic heterocycles. The SMILES string of the molecule is Cc1cc(-c2ccc(Cl)cc2)nc(N2CCC(N)C2)n1. The Morgan fingerprint density at radius 3 is 2.65 bits per heavy atom. The zero-order chi connectivity index (χ0) is 14.1. The van der Waals surface area contributed by atoms with E-state index in [0.29, 0.717) is 0 Å². The van der Waals surface area contributed by atoms with Crippen LogP contribution in [0.3, 0.4) is 0 Å². The normalized spacial score (nSPS) is 18.6. The highest BCUT2D eigenvalue weighted by atomic mass is 35.5. The van der Waals surface area contributed by atoms with Crippen LogP contribution in [0.4, 0.5) is 5.95 Å². The molecule has 0 amide bonds. The summed E-state index contributed by atoms with van der Waals surface area (Å²) in [6, 6.07) is 9.91. The van der Waals surface area contributed by atoms with Gasteiger partial charge in [-0.05, 0) is 31.5 Å². The molecule has 0 aliphatic carbocycles. The first kappa shape index (κ1) is 13.3. The number of halogens is 1. The van der Waals surface area contributed by atoms with Gasteiger partial charge in [0.25, 0.3) is 0 Å². The third-order valence-corrected chi connectivity index (χ3v) is 3.74. The molecule has 0 radical (unpaired) electrons. The van der Waals surface area contributed by atoms with Crippen LogP contribution in [-0.2, 0) is 0 Å². The number of benzene rings is 1. The molecular weight excluding hydrogens is 272 g/mol. The quantitative estimate of drug-likeness (QED) is 0.923. The van der Waals surface area contributed by atoms with Crippen LogP contribution in [-0.4, -0.2) is 29.1 Å². The van der Waals surface area contributed by atoms with Gasteiger partial charge in [0.1, 0.15) is 0 Å². The van der Waals surface area contributed by atoms with Crippen molar-refractivity contribution < 1.29 is 0 Å². The minimum atomic E-state index is 0.220. The first-order valence-electron chi connectivity index (χ1n) is 6.74. The van der Waals surface area contributed by atoms with E-state index in [-0.39, 0.29) is 6.04 Å². The maximum absolute atomic E-state index is 5.95. The molecule has 1 atom stereocenters. The monoisotopic (exact) mass is 288 g/mol. The largest absolute Gasteiger partial charge is 0.339 e. The summed E-state index contributed by atoms with van der Waals surface area (Å²) in [5.41, 5.74) is 8.88. The Bertz CT molecular complexity index is 612. The number of aromatic nitrogens is 2. The van der Waals surface area contributed by atoms with Crippen molar-refractivity contribution in [2.24, 2.45) is 5.73 Å². The zero-order valence-electron chi connectivity index (χ0n) is 11.4. The molecule has 2 aromatic rings. The molecule has 1 aliphatic heterocycles. The molecule has 1 unspecified atom stereocenters. The minimum Gasteiger partial charge on any atom is -0.339 e. The van der Waals surface area contributed by atoms with Crippen molar-refractivity contribution in [3.05, 3.63) is 41.0 Å². The van der Waals surface area contributed by atoms with Crippen LogP contribution in [0.15, 0.2) is 30.3 Å². The van der Waals surface area contributed by atoms with E-state index in [4.69, 9.17) is 17.3 Å². The number of nitrogens with two attached hydrogens (primary N) is 1. The Morgan fingerprint density at radius 2 is 2.00 bits per heavy atom. The van der Waals surface area contributed by atoms with Crippen LogP contribution < -0.4 is 10.6 Å². The van der Waals surface area contributed by atoms with Gasteiger partial charge in [-0.1, -0.05) is 23.7 Å². The van der Waals surface area contributed by atoms with E-state index in [2.05, 4.69) is 14.9 Å². The van der Waals surface area contributed by atoms with Crippen molar-refractivity contribution in [2.75, 3.05) is 18.0 Å². The molecule has 5 heteroatoms. The summed E-state index contributed by atoms with van der Waals surface area (Å²) in [6.07, 6.45) is 0.994. The Labute approximate surface area is 123 Å². The lowest BCUT2D eigenvalue weighted by molar-refractivity contribution is 0.750. The number of rotatable bonds is 2. The Kier molecular flexibility index (Phi) is 3.59. The highest BCUT2D eigenvalue weighted by molar-refractivity contribution is 6.30. The molecule has 20 heavy (non-hydrogen) atoms. The van der Waals surface area contributed by atoms with Crippen LogP contribution in [0.2, 0.25) is 5.02 Å². The predicted molar refractivity (Wildman–Crippen MR) is 82.0 cm³/mol. The van der Waals surface area contributed by atoms with Crippen molar-refractivity contribution in [1.82, 2.24) is 9.97 Å². The van der Waals surface area contributed by atoms with Crippen LogP contribution >= 0.6 is 11.6 Å².